The topological polar surface area (TPSA) is 35.0 Å². The molecule has 19 heavy (non-hydrogen) atoms. The number of rotatable bonds is 2. The van der Waals surface area contributed by atoms with Gasteiger partial charge in [-0.05, 0) is 19.1 Å². The number of hydrogen-bond acceptors (Lipinski definition) is 3. The van der Waals surface area contributed by atoms with E-state index < -0.39 is 6.36 Å². The summed E-state index contributed by atoms with van der Waals surface area (Å²) >= 11 is 5.78. The highest BCUT2D eigenvalue weighted by molar-refractivity contribution is 6.29. The molecule has 1 heterocycles. The molecule has 1 aromatic carbocycles. The Bertz CT molecular complexity index is 582. The number of halogens is 4. The van der Waals surface area contributed by atoms with Crippen molar-refractivity contribution in [2.75, 3.05) is 0 Å². The zero-order valence-electron chi connectivity index (χ0n) is 9.70. The van der Waals surface area contributed by atoms with Crippen molar-refractivity contribution in [2.24, 2.45) is 0 Å². The maximum absolute atomic E-state index is 12.1. The molecule has 0 aliphatic heterocycles. The van der Waals surface area contributed by atoms with Gasteiger partial charge in [-0.25, -0.2) is 9.97 Å². The molecule has 2 aromatic rings. The van der Waals surface area contributed by atoms with Crippen molar-refractivity contribution in [2.45, 2.75) is 13.3 Å². The normalized spacial score (nSPS) is 11.4. The van der Waals surface area contributed by atoms with Gasteiger partial charge in [0.15, 0.2) is 0 Å². The van der Waals surface area contributed by atoms with Crippen molar-refractivity contribution in [3.8, 4) is 17.0 Å². The molecule has 100 valence electrons. The molecule has 0 N–H and O–H groups in total. The Morgan fingerprint density at radius 1 is 1.16 bits per heavy atom. The van der Waals surface area contributed by atoms with Crippen molar-refractivity contribution in [1.29, 1.82) is 0 Å². The van der Waals surface area contributed by atoms with Gasteiger partial charge in [-0.15, -0.1) is 13.2 Å². The molecule has 0 fully saturated rings. The van der Waals surface area contributed by atoms with Gasteiger partial charge >= 0.3 is 6.36 Å². The fraction of sp³-hybridized carbons (Fsp3) is 0.167. The lowest BCUT2D eigenvalue weighted by atomic mass is 10.1. The van der Waals surface area contributed by atoms with Crippen LogP contribution in [0.1, 0.15) is 5.82 Å². The van der Waals surface area contributed by atoms with Crippen LogP contribution in [0, 0.1) is 6.92 Å². The fourth-order valence-corrected chi connectivity index (χ4v) is 1.76. The van der Waals surface area contributed by atoms with E-state index in [0.29, 0.717) is 17.1 Å². The molecule has 0 radical (unpaired) electrons. The van der Waals surface area contributed by atoms with Gasteiger partial charge in [0.05, 0.1) is 5.69 Å². The van der Waals surface area contributed by atoms with E-state index in [4.69, 9.17) is 11.6 Å². The van der Waals surface area contributed by atoms with Gasteiger partial charge in [-0.2, -0.15) is 0 Å². The van der Waals surface area contributed by atoms with Crippen molar-refractivity contribution < 1.29 is 17.9 Å². The largest absolute Gasteiger partial charge is 0.573 e. The third kappa shape index (κ3) is 3.82. The van der Waals surface area contributed by atoms with Gasteiger partial charge in [-0.3, -0.25) is 0 Å². The Morgan fingerprint density at radius 2 is 1.89 bits per heavy atom. The zero-order valence-corrected chi connectivity index (χ0v) is 10.5. The second-order valence-corrected chi connectivity index (χ2v) is 4.09. The number of aryl methyl sites for hydroxylation is 1. The molecule has 3 nitrogen and oxygen atoms in total. The highest BCUT2D eigenvalue weighted by Gasteiger charge is 2.31. The first-order valence-corrected chi connectivity index (χ1v) is 5.59. The predicted octanol–water partition coefficient (Wildman–Crippen LogP) is 4.00. The maximum Gasteiger partial charge on any atom is 0.573 e. The third-order valence-corrected chi connectivity index (χ3v) is 2.36. The Kier molecular flexibility index (Phi) is 3.61. The molecule has 0 aliphatic rings. The summed E-state index contributed by atoms with van der Waals surface area (Å²) in [5, 5.41) is 0.227. The number of hydrogen-bond donors (Lipinski definition) is 0. The quantitative estimate of drug-likeness (QED) is 0.783. The molecule has 0 bridgehead atoms. The average molecular weight is 289 g/mol. The number of benzene rings is 1. The van der Waals surface area contributed by atoms with Gasteiger partial charge in [0.2, 0.25) is 0 Å². The minimum absolute atomic E-state index is 0.227. The summed E-state index contributed by atoms with van der Waals surface area (Å²) < 4.78 is 40.3. The summed E-state index contributed by atoms with van der Waals surface area (Å²) in [6.07, 6.45) is -4.72. The van der Waals surface area contributed by atoms with Crippen LogP contribution in [0.3, 0.4) is 0 Å². The van der Waals surface area contributed by atoms with Crippen LogP contribution in [-0.2, 0) is 0 Å². The lowest BCUT2D eigenvalue weighted by Gasteiger charge is -2.10. The molecule has 0 saturated carbocycles. The molecular formula is C12H8ClF3N2O. The molecular weight excluding hydrogens is 281 g/mol. The molecule has 1 aromatic heterocycles. The maximum atomic E-state index is 12.1. The Hall–Kier alpha value is -1.82. The Morgan fingerprint density at radius 3 is 2.53 bits per heavy atom. The summed E-state index contributed by atoms with van der Waals surface area (Å²) in [6, 6.07) is 6.99. The van der Waals surface area contributed by atoms with E-state index in [1.807, 2.05) is 0 Å². The highest BCUT2D eigenvalue weighted by atomic mass is 35.5. The lowest BCUT2D eigenvalue weighted by molar-refractivity contribution is -0.274. The molecule has 0 atom stereocenters. The first-order chi connectivity index (χ1) is 8.83. The summed E-state index contributed by atoms with van der Waals surface area (Å²) in [5.74, 6) is 0.127. The zero-order chi connectivity index (χ0) is 14.0. The van der Waals surface area contributed by atoms with Gasteiger partial charge < -0.3 is 4.74 Å². The number of nitrogens with zero attached hydrogens (tertiary/aromatic N) is 2. The van der Waals surface area contributed by atoms with E-state index in [9.17, 15) is 13.2 Å². The van der Waals surface area contributed by atoms with Crippen LogP contribution in [0.15, 0.2) is 30.3 Å². The van der Waals surface area contributed by atoms with E-state index >= 15 is 0 Å². The van der Waals surface area contributed by atoms with E-state index in [0.717, 1.165) is 0 Å². The van der Waals surface area contributed by atoms with Crippen LogP contribution in [0.25, 0.3) is 11.3 Å². The second-order valence-electron chi connectivity index (χ2n) is 3.70. The van der Waals surface area contributed by atoms with Crippen LogP contribution >= 0.6 is 11.6 Å². The lowest BCUT2D eigenvalue weighted by Crippen LogP contribution is -2.17. The van der Waals surface area contributed by atoms with Crippen LogP contribution in [0.5, 0.6) is 5.75 Å². The second kappa shape index (κ2) is 5.05. The highest BCUT2D eigenvalue weighted by Crippen LogP contribution is 2.27. The smallest absolute Gasteiger partial charge is 0.406 e. The van der Waals surface area contributed by atoms with Crippen molar-refractivity contribution in [1.82, 2.24) is 9.97 Å². The Balaban J connectivity index is 2.37. The molecule has 0 amide bonds. The summed E-state index contributed by atoms with van der Waals surface area (Å²) in [5.41, 5.74) is 0.902. The molecule has 7 heteroatoms. The monoisotopic (exact) mass is 288 g/mol. The summed E-state index contributed by atoms with van der Waals surface area (Å²) in [4.78, 5) is 7.99. The molecule has 2 rings (SSSR count). The van der Waals surface area contributed by atoms with Crippen molar-refractivity contribution in [3.63, 3.8) is 0 Å². The molecule has 0 saturated heterocycles. The van der Waals surface area contributed by atoms with E-state index in [2.05, 4.69) is 14.7 Å². The molecule has 0 unspecified atom stereocenters. The standard InChI is InChI=1S/C12H8ClF3N2O/c1-7-17-10(6-11(13)18-7)8-3-2-4-9(5-8)19-12(14,15)16/h2-6H,1H3. The first kappa shape index (κ1) is 13.6. The molecule has 0 aliphatic carbocycles. The number of aromatic nitrogens is 2. The van der Waals surface area contributed by atoms with Gasteiger partial charge in [0, 0.05) is 11.6 Å². The third-order valence-electron chi connectivity index (χ3n) is 2.17. The minimum atomic E-state index is -4.72. The van der Waals surface area contributed by atoms with Gasteiger partial charge in [0.1, 0.15) is 16.7 Å². The fourth-order valence-electron chi connectivity index (χ4n) is 1.53. The van der Waals surface area contributed by atoms with Gasteiger partial charge in [0.25, 0.3) is 0 Å². The van der Waals surface area contributed by atoms with Crippen molar-refractivity contribution in [3.05, 3.63) is 41.3 Å². The van der Waals surface area contributed by atoms with E-state index in [1.165, 1.54) is 24.3 Å². The average Bonchev–Trinajstić information content (AvgIpc) is 2.25. The minimum Gasteiger partial charge on any atom is -0.406 e. The SMILES string of the molecule is Cc1nc(Cl)cc(-c2cccc(OC(F)(F)F)c2)n1. The summed E-state index contributed by atoms with van der Waals surface area (Å²) in [6.45, 7) is 1.64. The van der Waals surface area contributed by atoms with Crippen LogP contribution < -0.4 is 4.74 Å². The summed E-state index contributed by atoms with van der Waals surface area (Å²) in [7, 11) is 0. The van der Waals surface area contributed by atoms with E-state index in [1.54, 1.807) is 13.0 Å². The van der Waals surface area contributed by atoms with Crippen LogP contribution in [0.4, 0.5) is 13.2 Å². The first-order valence-electron chi connectivity index (χ1n) is 5.21. The van der Waals surface area contributed by atoms with Crippen LogP contribution in [0.2, 0.25) is 5.15 Å². The number of ether oxygens (including phenoxy) is 1. The van der Waals surface area contributed by atoms with Crippen LogP contribution in [-0.4, -0.2) is 16.3 Å². The Labute approximate surface area is 112 Å². The van der Waals surface area contributed by atoms with Gasteiger partial charge in [-0.1, -0.05) is 23.7 Å². The molecule has 0 spiro atoms. The number of alkyl halides is 3. The predicted molar refractivity (Wildman–Crippen MR) is 63.9 cm³/mol. The van der Waals surface area contributed by atoms with E-state index in [-0.39, 0.29) is 10.9 Å². The van der Waals surface area contributed by atoms with Crippen molar-refractivity contribution >= 4 is 11.6 Å².